The zero-order valence-electron chi connectivity index (χ0n) is 12.3. The third kappa shape index (κ3) is 3.45. The smallest absolute Gasteiger partial charge is 0.216 e. The Balaban J connectivity index is 1.82. The molecular weight excluding hydrogens is 299 g/mol. The van der Waals surface area contributed by atoms with Crippen molar-refractivity contribution in [2.75, 3.05) is 5.32 Å². The van der Waals surface area contributed by atoms with Crippen LogP contribution in [-0.2, 0) is 0 Å². The number of hydrogen-bond donors (Lipinski definition) is 2. The number of aromatic amines is 1. The number of nitrogens with one attached hydrogen (secondary N) is 2. The van der Waals surface area contributed by atoms with Gasteiger partial charge in [-0.2, -0.15) is 10.5 Å². The van der Waals surface area contributed by atoms with Crippen LogP contribution in [0.25, 0.3) is 5.57 Å². The predicted molar refractivity (Wildman–Crippen MR) is 80.7 cm³/mol. The van der Waals surface area contributed by atoms with E-state index in [1.807, 2.05) is 6.07 Å². The largest absolute Gasteiger partial charge is 0.488 e. The highest BCUT2D eigenvalue weighted by molar-refractivity contribution is 5.75. The van der Waals surface area contributed by atoms with Gasteiger partial charge in [-0.05, 0) is 43.0 Å². The average molecular weight is 314 g/mol. The summed E-state index contributed by atoms with van der Waals surface area (Å²) in [5, 5.41) is 25.0. The first-order valence-corrected chi connectivity index (χ1v) is 7.33. The van der Waals surface area contributed by atoms with E-state index in [1.165, 1.54) is 12.3 Å². The van der Waals surface area contributed by atoms with Crippen molar-refractivity contribution >= 4 is 11.3 Å². The standard InChI is InChI=1S/C15H15FN6O/c16-12-6-3-7-13(23-11-4-1-2-5-11)14(12)18-9-10(8-17)15-19-21-22-20-15/h3,6-7,9,11,18H,1-2,4-5H2,(H,19,20,21,22). The first kappa shape index (κ1) is 15.0. The lowest BCUT2D eigenvalue weighted by molar-refractivity contribution is 0.210. The molecule has 1 aromatic heterocycles. The van der Waals surface area contributed by atoms with E-state index < -0.39 is 5.82 Å². The van der Waals surface area contributed by atoms with Gasteiger partial charge >= 0.3 is 0 Å². The maximum Gasteiger partial charge on any atom is 0.216 e. The van der Waals surface area contributed by atoms with Crippen LogP contribution in [0.4, 0.5) is 10.1 Å². The van der Waals surface area contributed by atoms with Gasteiger partial charge in [0, 0.05) is 6.20 Å². The molecule has 0 saturated heterocycles. The number of nitriles is 1. The van der Waals surface area contributed by atoms with Gasteiger partial charge in [-0.25, -0.2) is 4.39 Å². The minimum Gasteiger partial charge on any atom is -0.488 e. The van der Waals surface area contributed by atoms with E-state index in [0.717, 1.165) is 25.7 Å². The third-order valence-corrected chi connectivity index (χ3v) is 3.64. The molecule has 1 fully saturated rings. The zero-order valence-corrected chi connectivity index (χ0v) is 12.3. The summed E-state index contributed by atoms with van der Waals surface area (Å²) in [5.41, 5.74) is 0.324. The molecule has 0 radical (unpaired) electrons. The molecule has 8 heteroatoms. The molecule has 2 N–H and O–H groups in total. The van der Waals surface area contributed by atoms with Crippen LogP contribution in [0.1, 0.15) is 31.5 Å². The lowest BCUT2D eigenvalue weighted by Crippen LogP contribution is -2.12. The van der Waals surface area contributed by atoms with Gasteiger partial charge in [-0.3, -0.25) is 0 Å². The Labute approximate surface area is 132 Å². The number of tetrazole rings is 1. The fourth-order valence-electron chi connectivity index (χ4n) is 2.50. The molecule has 0 spiro atoms. The Bertz CT molecular complexity index is 731. The number of allylic oxidation sites excluding steroid dienone is 1. The van der Waals surface area contributed by atoms with E-state index in [9.17, 15) is 4.39 Å². The molecule has 7 nitrogen and oxygen atoms in total. The molecule has 2 aromatic rings. The Morgan fingerprint density at radius 3 is 2.96 bits per heavy atom. The molecule has 3 rings (SSSR count). The van der Waals surface area contributed by atoms with Crippen molar-refractivity contribution < 1.29 is 9.13 Å². The van der Waals surface area contributed by atoms with Crippen LogP contribution in [0.3, 0.4) is 0 Å². The summed E-state index contributed by atoms with van der Waals surface area (Å²) in [4.78, 5) is 0. The second kappa shape index (κ2) is 6.87. The van der Waals surface area contributed by atoms with E-state index in [-0.39, 0.29) is 23.2 Å². The Morgan fingerprint density at radius 1 is 1.43 bits per heavy atom. The first-order chi connectivity index (χ1) is 11.3. The summed E-state index contributed by atoms with van der Waals surface area (Å²) in [5.74, 6) is 0.107. The van der Waals surface area contributed by atoms with Crippen molar-refractivity contribution in [2.24, 2.45) is 0 Å². The fraction of sp³-hybridized carbons (Fsp3) is 0.333. The summed E-state index contributed by atoms with van der Waals surface area (Å²) in [7, 11) is 0. The summed E-state index contributed by atoms with van der Waals surface area (Å²) < 4.78 is 20.0. The van der Waals surface area contributed by atoms with Crippen LogP contribution >= 0.6 is 0 Å². The summed E-state index contributed by atoms with van der Waals surface area (Å²) in [6.07, 6.45) is 5.63. The molecule has 1 saturated carbocycles. The number of nitrogens with zero attached hydrogens (tertiary/aromatic N) is 4. The number of H-pyrrole nitrogens is 1. The minimum absolute atomic E-state index is 0.106. The average Bonchev–Trinajstić information content (AvgIpc) is 3.24. The monoisotopic (exact) mass is 314 g/mol. The number of anilines is 1. The van der Waals surface area contributed by atoms with E-state index in [2.05, 4.69) is 25.9 Å². The Morgan fingerprint density at radius 2 is 2.26 bits per heavy atom. The number of halogens is 1. The third-order valence-electron chi connectivity index (χ3n) is 3.64. The van der Waals surface area contributed by atoms with Gasteiger partial charge in [-0.1, -0.05) is 6.07 Å². The van der Waals surface area contributed by atoms with Crippen LogP contribution in [0.5, 0.6) is 5.75 Å². The van der Waals surface area contributed by atoms with Gasteiger partial charge in [0.2, 0.25) is 5.82 Å². The summed E-state index contributed by atoms with van der Waals surface area (Å²) in [6, 6.07) is 6.57. The number of ether oxygens (including phenoxy) is 1. The number of para-hydroxylation sites is 1. The lowest BCUT2D eigenvalue weighted by Gasteiger charge is -2.16. The normalized spacial score (nSPS) is 15.4. The molecular formula is C15H15FN6O. The molecule has 1 aromatic carbocycles. The van der Waals surface area contributed by atoms with Gasteiger partial charge in [0.05, 0.1) is 6.10 Å². The fourth-order valence-corrected chi connectivity index (χ4v) is 2.50. The molecule has 118 valence electrons. The van der Waals surface area contributed by atoms with Crippen LogP contribution in [0, 0.1) is 17.1 Å². The minimum atomic E-state index is -0.456. The molecule has 0 unspecified atom stereocenters. The maximum absolute atomic E-state index is 14.1. The second-order valence-electron chi connectivity index (χ2n) is 5.19. The molecule has 1 aliphatic rings. The molecule has 0 bridgehead atoms. The molecule has 0 atom stereocenters. The van der Waals surface area contributed by atoms with E-state index in [0.29, 0.717) is 5.75 Å². The van der Waals surface area contributed by atoms with Crippen molar-refractivity contribution in [1.82, 2.24) is 20.6 Å². The molecule has 23 heavy (non-hydrogen) atoms. The number of rotatable bonds is 5. The number of hydrogen-bond acceptors (Lipinski definition) is 6. The van der Waals surface area contributed by atoms with Gasteiger partial charge in [0.25, 0.3) is 0 Å². The quantitative estimate of drug-likeness (QED) is 0.823. The van der Waals surface area contributed by atoms with E-state index in [4.69, 9.17) is 10.00 Å². The zero-order chi connectivity index (χ0) is 16.1. The van der Waals surface area contributed by atoms with Crippen molar-refractivity contribution in [1.29, 1.82) is 5.26 Å². The van der Waals surface area contributed by atoms with Crippen LogP contribution in [-0.4, -0.2) is 26.7 Å². The highest BCUT2D eigenvalue weighted by Gasteiger charge is 2.19. The van der Waals surface area contributed by atoms with Crippen LogP contribution in [0.2, 0.25) is 0 Å². The van der Waals surface area contributed by atoms with Gasteiger partial charge in [0.1, 0.15) is 28.9 Å². The van der Waals surface area contributed by atoms with Crippen molar-refractivity contribution in [3.63, 3.8) is 0 Å². The van der Waals surface area contributed by atoms with Gasteiger partial charge < -0.3 is 10.1 Å². The highest BCUT2D eigenvalue weighted by atomic mass is 19.1. The van der Waals surface area contributed by atoms with Crippen LogP contribution < -0.4 is 10.1 Å². The number of aromatic nitrogens is 4. The first-order valence-electron chi connectivity index (χ1n) is 7.33. The molecule has 0 aliphatic heterocycles. The second-order valence-corrected chi connectivity index (χ2v) is 5.19. The summed E-state index contributed by atoms with van der Waals surface area (Å²) in [6.45, 7) is 0. The molecule has 0 amide bonds. The topological polar surface area (TPSA) is 99.5 Å². The van der Waals surface area contributed by atoms with Gasteiger partial charge in [0.15, 0.2) is 0 Å². The van der Waals surface area contributed by atoms with Crippen molar-refractivity contribution in [3.05, 3.63) is 36.0 Å². The van der Waals surface area contributed by atoms with E-state index >= 15 is 0 Å². The Kier molecular flexibility index (Phi) is 4.47. The maximum atomic E-state index is 14.1. The summed E-state index contributed by atoms with van der Waals surface area (Å²) >= 11 is 0. The van der Waals surface area contributed by atoms with E-state index in [1.54, 1.807) is 12.1 Å². The van der Waals surface area contributed by atoms with Crippen LogP contribution in [0.15, 0.2) is 24.4 Å². The number of benzene rings is 1. The van der Waals surface area contributed by atoms with Crippen molar-refractivity contribution in [2.45, 2.75) is 31.8 Å². The molecule has 1 heterocycles. The van der Waals surface area contributed by atoms with Gasteiger partial charge in [-0.15, -0.1) is 10.2 Å². The van der Waals surface area contributed by atoms with Crippen molar-refractivity contribution in [3.8, 4) is 11.8 Å². The predicted octanol–water partition coefficient (Wildman–Crippen LogP) is 2.64. The Hall–Kier alpha value is -2.95. The SMILES string of the molecule is N#CC(=CNc1c(F)cccc1OC1CCCC1)c1nn[nH]n1. The lowest BCUT2D eigenvalue weighted by atomic mass is 10.2. The highest BCUT2D eigenvalue weighted by Crippen LogP contribution is 2.32. The molecule has 1 aliphatic carbocycles.